The summed E-state index contributed by atoms with van der Waals surface area (Å²) in [5, 5.41) is 11.5. The van der Waals surface area contributed by atoms with Gasteiger partial charge in [-0.25, -0.2) is 8.42 Å². The Morgan fingerprint density at radius 1 is 1.40 bits per heavy atom. The van der Waals surface area contributed by atoms with E-state index < -0.39 is 22.0 Å². The monoisotopic (exact) mass is 295 g/mol. The van der Waals surface area contributed by atoms with E-state index in [2.05, 4.69) is 10.0 Å². The van der Waals surface area contributed by atoms with Gasteiger partial charge < -0.3 is 5.32 Å². The highest BCUT2D eigenvalue weighted by Gasteiger charge is 2.23. The Morgan fingerprint density at radius 2 is 2.05 bits per heavy atom. The number of rotatable bonds is 6. The van der Waals surface area contributed by atoms with Crippen molar-refractivity contribution in [3.8, 4) is 6.07 Å². The lowest BCUT2D eigenvalue weighted by Gasteiger charge is -2.14. The summed E-state index contributed by atoms with van der Waals surface area (Å²) in [6, 6.07) is 6.76. The molecule has 1 aromatic rings. The Bertz CT molecular complexity index is 620. The maximum atomic E-state index is 12.2. The van der Waals surface area contributed by atoms with Gasteiger partial charge in [0.25, 0.3) is 0 Å². The van der Waals surface area contributed by atoms with Gasteiger partial charge in [-0.3, -0.25) is 4.79 Å². The van der Waals surface area contributed by atoms with Crippen molar-refractivity contribution in [2.45, 2.75) is 31.2 Å². The Labute approximate surface area is 118 Å². The molecule has 0 bridgehead atoms. The summed E-state index contributed by atoms with van der Waals surface area (Å²) in [5.41, 5.74) is 0.0427. The molecule has 0 heterocycles. The van der Waals surface area contributed by atoms with Gasteiger partial charge in [0.05, 0.1) is 16.5 Å². The number of carbonyl (C=O) groups is 1. The smallest absolute Gasteiger partial charge is 0.242 e. The minimum absolute atomic E-state index is 0.0427. The molecule has 108 valence electrons. The van der Waals surface area contributed by atoms with Gasteiger partial charge in [0, 0.05) is 6.54 Å². The van der Waals surface area contributed by atoms with Gasteiger partial charge in [0.1, 0.15) is 6.07 Å². The molecule has 0 aromatic heterocycles. The van der Waals surface area contributed by atoms with E-state index in [1.54, 1.807) is 6.07 Å². The molecule has 0 radical (unpaired) electrons. The highest BCUT2D eigenvalue weighted by Crippen LogP contribution is 2.14. The van der Waals surface area contributed by atoms with Crippen molar-refractivity contribution in [2.75, 3.05) is 6.54 Å². The number of nitriles is 1. The van der Waals surface area contributed by atoms with Crippen LogP contribution in [-0.2, 0) is 14.8 Å². The van der Waals surface area contributed by atoms with Crippen molar-refractivity contribution < 1.29 is 13.2 Å². The number of carbonyl (C=O) groups excluding carboxylic acids is 1. The number of hydrogen-bond donors (Lipinski definition) is 2. The average Bonchev–Trinajstić information content (AvgIpc) is 2.44. The molecule has 0 aliphatic heterocycles. The number of benzene rings is 1. The Morgan fingerprint density at radius 3 is 2.65 bits per heavy atom. The van der Waals surface area contributed by atoms with E-state index in [-0.39, 0.29) is 10.5 Å². The second-order valence-corrected chi connectivity index (χ2v) is 5.92. The lowest BCUT2D eigenvalue weighted by atomic mass is 10.2. The van der Waals surface area contributed by atoms with Crippen LogP contribution in [0, 0.1) is 11.3 Å². The molecule has 2 N–H and O–H groups in total. The molecule has 0 unspecified atom stereocenters. The normalized spacial score (nSPS) is 12.4. The fourth-order valence-corrected chi connectivity index (χ4v) is 2.90. The third-order valence-electron chi connectivity index (χ3n) is 2.57. The van der Waals surface area contributed by atoms with E-state index in [9.17, 15) is 13.2 Å². The summed E-state index contributed by atoms with van der Waals surface area (Å²) in [4.78, 5) is 11.5. The van der Waals surface area contributed by atoms with Gasteiger partial charge in [0.15, 0.2) is 0 Å². The molecular formula is C13H17N3O3S. The van der Waals surface area contributed by atoms with E-state index in [1.807, 2.05) is 13.0 Å². The quantitative estimate of drug-likeness (QED) is 0.809. The third kappa shape index (κ3) is 4.05. The fraction of sp³-hybridized carbons (Fsp3) is 0.385. The third-order valence-corrected chi connectivity index (χ3v) is 4.17. The van der Waals surface area contributed by atoms with Crippen LogP contribution in [0.15, 0.2) is 29.2 Å². The lowest BCUT2D eigenvalue weighted by Crippen LogP contribution is -2.45. The number of hydrogen-bond acceptors (Lipinski definition) is 4. The van der Waals surface area contributed by atoms with Crippen LogP contribution in [-0.4, -0.2) is 26.9 Å². The fourth-order valence-electron chi connectivity index (χ4n) is 1.54. The SMILES string of the molecule is CCCNC(=O)[C@H](C)NS(=O)(=O)c1ccccc1C#N. The second kappa shape index (κ2) is 7.03. The Kier molecular flexibility index (Phi) is 5.67. The number of amides is 1. The van der Waals surface area contributed by atoms with Crippen molar-refractivity contribution in [2.24, 2.45) is 0 Å². The lowest BCUT2D eigenvalue weighted by molar-refractivity contribution is -0.122. The first kappa shape index (κ1) is 16.1. The van der Waals surface area contributed by atoms with Crippen LogP contribution in [0.5, 0.6) is 0 Å². The van der Waals surface area contributed by atoms with Crippen molar-refractivity contribution in [3.63, 3.8) is 0 Å². The number of sulfonamides is 1. The van der Waals surface area contributed by atoms with Crippen LogP contribution in [0.3, 0.4) is 0 Å². The van der Waals surface area contributed by atoms with Gasteiger partial charge in [-0.2, -0.15) is 9.98 Å². The molecule has 1 aromatic carbocycles. The van der Waals surface area contributed by atoms with Crippen LogP contribution < -0.4 is 10.0 Å². The van der Waals surface area contributed by atoms with Crippen molar-refractivity contribution in [1.82, 2.24) is 10.0 Å². The molecule has 20 heavy (non-hydrogen) atoms. The zero-order chi connectivity index (χ0) is 15.2. The molecule has 6 nitrogen and oxygen atoms in total. The standard InChI is InChI=1S/C13H17N3O3S/c1-3-8-15-13(17)10(2)16-20(18,19)12-7-5-4-6-11(12)9-14/h4-7,10,16H,3,8H2,1-2H3,(H,15,17)/t10-/m0/s1. The average molecular weight is 295 g/mol. The zero-order valence-corrected chi connectivity index (χ0v) is 12.2. The largest absolute Gasteiger partial charge is 0.355 e. The first-order valence-electron chi connectivity index (χ1n) is 6.21. The first-order valence-corrected chi connectivity index (χ1v) is 7.70. The van der Waals surface area contributed by atoms with Gasteiger partial charge in [-0.05, 0) is 25.5 Å². The van der Waals surface area contributed by atoms with E-state index in [1.165, 1.54) is 25.1 Å². The first-order chi connectivity index (χ1) is 9.42. The minimum Gasteiger partial charge on any atom is -0.355 e. The predicted molar refractivity (Wildman–Crippen MR) is 74.2 cm³/mol. The van der Waals surface area contributed by atoms with Crippen molar-refractivity contribution >= 4 is 15.9 Å². The summed E-state index contributed by atoms with van der Waals surface area (Å²) >= 11 is 0. The Balaban J connectivity index is 2.90. The summed E-state index contributed by atoms with van der Waals surface area (Å²) in [6.07, 6.45) is 0.766. The van der Waals surface area contributed by atoms with E-state index in [4.69, 9.17) is 5.26 Å². The molecular weight excluding hydrogens is 278 g/mol. The van der Waals surface area contributed by atoms with Crippen LogP contribution >= 0.6 is 0 Å². The van der Waals surface area contributed by atoms with Crippen LogP contribution in [0.2, 0.25) is 0 Å². The predicted octanol–water partition coefficient (Wildman–Crippen LogP) is 0.751. The molecule has 7 heteroatoms. The molecule has 0 fully saturated rings. The van der Waals surface area contributed by atoms with Crippen molar-refractivity contribution in [3.05, 3.63) is 29.8 Å². The van der Waals surface area contributed by atoms with Crippen LogP contribution in [0.1, 0.15) is 25.8 Å². The molecule has 1 atom stereocenters. The maximum Gasteiger partial charge on any atom is 0.242 e. The molecule has 0 saturated heterocycles. The highest BCUT2D eigenvalue weighted by atomic mass is 32.2. The number of nitrogens with zero attached hydrogens (tertiary/aromatic N) is 1. The highest BCUT2D eigenvalue weighted by molar-refractivity contribution is 7.89. The second-order valence-electron chi connectivity index (χ2n) is 4.24. The summed E-state index contributed by atoms with van der Waals surface area (Å²) in [5.74, 6) is -0.398. The van der Waals surface area contributed by atoms with Gasteiger partial charge in [-0.15, -0.1) is 0 Å². The zero-order valence-electron chi connectivity index (χ0n) is 11.4. The molecule has 0 saturated carbocycles. The van der Waals surface area contributed by atoms with Crippen LogP contribution in [0.25, 0.3) is 0 Å². The molecule has 1 rings (SSSR count). The van der Waals surface area contributed by atoms with E-state index in [0.29, 0.717) is 6.54 Å². The molecule has 0 aliphatic rings. The molecule has 1 amide bonds. The van der Waals surface area contributed by atoms with Gasteiger partial charge in [-0.1, -0.05) is 19.1 Å². The number of nitrogens with one attached hydrogen (secondary N) is 2. The van der Waals surface area contributed by atoms with Gasteiger partial charge >= 0.3 is 0 Å². The molecule has 0 spiro atoms. The topological polar surface area (TPSA) is 99.1 Å². The maximum absolute atomic E-state index is 12.2. The van der Waals surface area contributed by atoms with E-state index in [0.717, 1.165) is 6.42 Å². The summed E-state index contributed by atoms with van der Waals surface area (Å²) < 4.78 is 26.6. The van der Waals surface area contributed by atoms with Crippen molar-refractivity contribution in [1.29, 1.82) is 5.26 Å². The van der Waals surface area contributed by atoms with Crippen LogP contribution in [0.4, 0.5) is 0 Å². The summed E-state index contributed by atoms with van der Waals surface area (Å²) in [6.45, 7) is 3.84. The van der Waals surface area contributed by atoms with Gasteiger partial charge in [0.2, 0.25) is 15.9 Å². The minimum atomic E-state index is -3.91. The molecule has 0 aliphatic carbocycles. The summed E-state index contributed by atoms with van der Waals surface area (Å²) in [7, 11) is -3.91. The van der Waals surface area contributed by atoms with E-state index >= 15 is 0 Å². The Hall–Kier alpha value is -1.91.